The van der Waals surface area contributed by atoms with E-state index in [0.717, 1.165) is 0 Å². The van der Waals surface area contributed by atoms with Gasteiger partial charge in [0.1, 0.15) is 12.0 Å². The topological polar surface area (TPSA) is 72.8 Å². The van der Waals surface area contributed by atoms with Gasteiger partial charge in [0.05, 0.1) is 0 Å². The van der Waals surface area contributed by atoms with E-state index in [1.807, 2.05) is 13.8 Å². The van der Waals surface area contributed by atoms with Crippen LogP contribution in [-0.2, 0) is 19.4 Å². The molecule has 0 aromatic heterocycles. The molecule has 0 aliphatic carbocycles. The summed E-state index contributed by atoms with van der Waals surface area (Å²) in [5, 5.41) is 8.27. The molecule has 0 fully saturated rings. The first-order valence-corrected chi connectivity index (χ1v) is 4.54. The van der Waals surface area contributed by atoms with Crippen molar-refractivity contribution in [3.8, 4) is 0 Å². The second kappa shape index (κ2) is 5.59. The maximum absolute atomic E-state index is 10.8. The molecule has 5 heteroatoms. The molecule has 0 unspecified atom stereocenters. The predicted octanol–water partition coefficient (Wildman–Crippen LogP) is 1.51. The largest absolute Gasteiger partial charge is 0.481 e. The van der Waals surface area contributed by atoms with Crippen molar-refractivity contribution in [3.05, 3.63) is 0 Å². The third-order valence-corrected chi connectivity index (χ3v) is 2.13. The maximum Gasteiger partial charge on any atom is 0.353 e. The molecule has 1 N–H and O–H groups in total. The highest BCUT2D eigenvalue weighted by molar-refractivity contribution is 5.89. The summed E-state index contributed by atoms with van der Waals surface area (Å²) in [6, 6.07) is 0. The van der Waals surface area contributed by atoms with Gasteiger partial charge in [0.25, 0.3) is 0 Å². The number of carbonyl (C=O) groups excluding carboxylic acids is 1. The smallest absolute Gasteiger partial charge is 0.353 e. The van der Waals surface area contributed by atoms with Crippen LogP contribution in [0.2, 0.25) is 0 Å². The number of carboxylic acid groups (broad SMARTS) is 1. The van der Waals surface area contributed by atoms with Crippen molar-refractivity contribution in [1.29, 1.82) is 0 Å². The Morgan fingerprint density at radius 1 is 1.29 bits per heavy atom. The molecule has 0 radical (unpaired) electrons. The average molecular weight is 204 g/mol. The molecule has 0 bridgehead atoms. The van der Waals surface area contributed by atoms with Crippen molar-refractivity contribution in [2.45, 2.75) is 45.6 Å². The lowest BCUT2D eigenvalue weighted by Gasteiger charge is -2.23. The standard InChI is InChI=1S/C9H16O5/c1-4-9(3,5-2)14-13-8(12)6-7(10)11/h4-6H2,1-3H3,(H,10,11). The normalized spacial score (nSPS) is 11.1. The molecule has 0 aromatic rings. The van der Waals surface area contributed by atoms with E-state index in [9.17, 15) is 9.59 Å². The summed E-state index contributed by atoms with van der Waals surface area (Å²) in [5.74, 6) is -2.11. The SMILES string of the molecule is CCC(C)(CC)OOC(=O)CC(=O)O. The Labute approximate surface area is 82.9 Å². The molecule has 0 atom stereocenters. The Morgan fingerprint density at radius 3 is 2.14 bits per heavy atom. The van der Waals surface area contributed by atoms with Crippen molar-refractivity contribution in [1.82, 2.24) is 0 Å². The van der Waals surface area contributed by atoms with E-state index in [-0.39, 0.29) is 0 Å². The first-order chi connectivity index (χ1) is 6.43. The molecule has 0 heterocycles. The van der Waals surface area contributed by atoms with Crippen LogP contribution in [0.4, 0.5) is 0 Å². The number of hydrogen-bond donors (Lipinski definition) is 1. The summed E-state index contributed by atoms with van der Waals surface area (Å²) in [6.07, 6.45) is 0.692. The quantitative estimate of drug-likeness (QED) is 0.403. The van der Waals surface area contributed by atoms with Gasteiger partial charge in [-0.05, 0) is 19.8 Å². The van der Waals surface area contributed by atoms with Crippen LogP contribution >= 0.6 is 0 Å². The molecule has 0 aliphatic heterocycles. The fraction of sp³-hybridized carbons (Fsp3) is 0.778. The maximum atomic E-state index is 10.8. The Bertz CT molecular complexity index is 207. The Hall–Kier alpha value is -1.10. The molecule has 14 heavy (non-hydrogen) atoms. The van der Waals surface area contributed by atoms with Gasteiger partial charge in [-0.3, -0.25) is 9.68 Å². The summed E-state index contributed by atoms with van der Waals surface area (Å²) in [6.45, 7) is 5.59. The molecular weight excluding hydrogens is 188 g/mol. The summed E-state index contributed by atoms with van der Waals surface area (Å²) >= 11 is 0. The lowest BCUT2D eigenvalue weighted by atomic mass is 10.0. The number of carboxylic acids is 1. The van der Waals surface area contributed by atoms with E-state index in [1.165, 1.54) is 0 Å². The lowest BCUT2D eigenvalue weighted by Crippen LogP contribution is -2.28. The monoisotopic (exact) mass is 204 g/mol. The molecule has 0 rings (SSSR count). The minimum atomic E-state index is -1.23. The van der Waals surface area contributed by atoms with Crippen LogP contribution < -0.4 is 0 Å². The first kappa shape index (κ1) is 12.9. The fourth-order valence-corrected chi connectivity index (χ4v) is 0.668. The minimum Gasteiger partial charge on any atom is -0.481 e. The van der Waals surface area contributed by atoms with Gasteiger partial charge < -0.3 is 5.11 Å². The van der Waals surface area contributed by atoms with Crippen LogP contribution in [0.5, 0.6) is 0 Å². The number of carbonyl (C=O) groups is 2. The number of aliphatic carboxylic acids is 1. The van der Waals surface area contributed by atoms with E-state index in [4.69, 9.17) is 9.99 Å². The van der Waals surface area contributed by atoms with Gasteiger partial charge in [-0.15, -0.1) is 0 Å². The van der Waals surface area contributed by atoms with Crippen LogP contribution in [0.3, 0.4) is 0 Å². The highest BCUT2D eigenvalue weighted by Gasteiger charge is 2.24. The predicted molar refractivity (Wildman–Crippen MR) is 48.4 cm³/mol. The van der Waals surface area contributed by atoms with Crippen molar-refractivity contribution in [3.63, 3.8) is 0 Å². The van der Waals surface area contributed by atoms with Crippen LogP contribution in [0.25, 0.3) is 0 Å². The molecule has 0 aliphatic rings. The third kappa shape index (κ3) is 4.81. The van der Waals surface area contributed by atoms with Gasteiger partial charge in [0, 0.05) is 0 Å². The summed E-state index contributed by atoms with van der Waals surface area (Å²) in [4.78, 5) is 30.2. The van der Waals surface area contributed by atoms with Crippen LogP contribution in [0.1, 0.15) is 40.0 Å². The zero-order valence-electron chi connectivity index (χ0n) is 8.70. The Kier molecular flexibility index (Phi) is 5.15. The van der Waals surface area contributed by atoms with Crippen molar-refractivity contribution < 1.29 is 24.5 Å². The summed E-state index contributed by atoms with van der Waals surface area (Å²) in [5.41, 5.74) is -0.534. The van der Waals surface area contributed by atoms with Crippen LogP contribution in [0.15, 0.2) is 0 Å². The van der Waals surface area contributed by atoms with Gasteiger partial charge in [0.2, 0.25) is 0 Å². The molecular formula is C9H16O5. The summed E-state index contributed by atoms with van der Waals surface area (Å²) in [7, 11) is 0. The van der Waals surface area contributed by atoms with Crippen molar-refractivity contribution in [2.75, 3.05) is 0 Å². The fourth-order valence-electron chi connectivity index (χ4n) is 0.668. The number of hydrogen-bond acceptors (Lipinski definition) is 4. The summed E-state index contributed by atoms with van der Waals surface area (Å²) < 4.78 is 0. The zero-order chi connectivity index (χ0) is 11.2. The minimum absolute atomic E-state index is 0.534. The van der Waals surface area contributed by atoms with E-state index in [2.05, 4.69) is 4.89 Å². The van der Waals surface area contributed by atoms with E-state index >= 15 is 0 Å². The first-order valence-electron chi connectivity index (χ1n) is 4.54. The molecule has 0 saturated carbocycles. The molecule has 5 nitrogen and oxygen atoms in total. The van der Waals surface area contributed by atoms with Crippen molar-refractivity contribution >= 4 is 11.9 Å². The highest BCUT2D eigenvalue weighted by atomic mass is 17.2. The van der Waals surface area contributed by atoms with Gasteiger partial charge >= 0.3 is 11.9 Å². The second-order valence-electron chi connectivity index (χ2n) is 3.27. The zero-order valence-corrected chi connectivity index (χ0v) is 8.70. The highest BCUT2D eigenvalue weighted by Crippen LogP contribution is 2.19. The van der Waals surface area contributed by atoms with Crippen LogP contribution in [-0.4, -0.2) is 22.6 Å². The molecule has 0 aromatic carbocycles. The third-order valence-electron chi connectivity index (χ3n) is 2.13. The Morgan fingerprint density at radius 2 is 1.79 bits per heavy atom. The van der Waals surface area contributed by atoms with Gasteiger partial charge in [-0.25, -0.2) is 4.79 Å². The van der Waals surface area contributed by atoms with Crippen molar-refractivity contribution in [2.24, 2.45) is 0 Å². The van der Waals surface area contributed by atoms with Gasteiger partial charge in [0.15, 0.2) is 0 Å². The molecule has 0 saturated heterocycles. The Balaban J connectivity index is 3.92. The number of rotatable bonds is 6. The van der Waals surface area contributed by atoms with E-state index in [0.29, 0.717) is 12.8 Å². The lowest BCUT2D eigenvalue weighted by molar-refractivity contribution is -0.330. The average Bonchev–Trinajstić information content (AvgIpc) is 2.13. The molecule has 82 valence electrons. The van der Waals surface area contributed by atoms with E-state index in [1.54, 1.807) is 6.92 Å². The van der Waals surface area contributed by atoms with Crippen LogP contribution in [0, 0.1) is 0 Å². The van der Waals surface area contributed by atoms with E-state index < -0.39 is 24.0 Å². The van der Waals surface area contributed by atoms with Gasteiger partial charge in [-0.2, -0.15) is 4.89 Å². The molecule has 0 amide bonds. The second-order valence-corrected chi connectivity index (χ2v) is 3.27. The van der Waals surface area contributed by atoms with Gasteiger partial charge in [-0.1, -0.05) is 13.8 Å². The molecule has 0 spiro atoms.